The number of amides is 4. The van der Waals surface area contributed by atoms with Crippen molar-refractivity contribution in [1.29, 1.82) is 0 Å². The number of carbonyl (C=O) groups excluding carboxylic acids is 3. The van der Waals surface area contributed by atoms with Gasteiger partial charge in [0, 0.05) is 24.0 Å². The molecule has 0 aliphatic heterocycles. The zero-order valence-electron chi connectivity index (χ0n) is 19.6. The Hall–Kier alpha value is -4.34. The molecule has 188 valence electrons. The molecule has 0 radical (unpaired) electrons. The van der Waals surface area contributed by atoms with Crippen LogP contribution in [-0.2, 0) is 17.4 Å². The molecule has 3 aromatic rings. The zero-order valence-corrected chi connectivity index (χ0v) is 19.6. The average molecular weight is 499 g/mol. The summed E-state index contributed by atoms with van der Waals surface area (Å²) < 4.78 is 41.2. The van der Waals surface area contributed by atoms with Crippen LogP contribution in [0.3, 0.4) is 0 Å². The third kappa shape index (κ3) is 6.84. The van der Waals surface area contributed by atoms with Gasteiger partial charge in [-0.3, -0.25) is 9.59 Å². The first-order chi connectivity index (χ1) is 17.1. The summed E-state index contributed by atoms with van der Waals surface area (Å²) in [6.07, 6.45) is -4.12. The van der Waals surface area contributed by atoms with E-state index in [0.29, 0.717) is 12.1 Å². The third-order valence-corrected chi connectivity index (χ3v) is 5.26. The van der Waals surface area contributed by atoms with Gasteiger partial charge >= 0.3 is 12.2 Å². The minimum atomic E-state index is -4.81. The van der Waals surface area contributed by atoms with Crippen LogP contribution in [0, 0.1) is 0 Å². The summed E-state index contributed by atoms with van der Waals surface area (Å²) in [5, 5.41) is 7.32. The highest BCUT2D eigenvalue weighted by Gasteiger charge is 2.34. The fraction of sp³-hybridized carbons (Fsp3) is 0.192. The Morgan fingerprint density at radius 1 is 0.833 bits per heavy atom. The maximum absolute atomic E-state index is 13.7. The first-order valence-electron chi connectivity index (χ1n) is 11.1. The van der Waals surface area contributed by atoms with E-state index in [1.807, 2.05) is 19.1 Å². The molecule has 36 heavy (non-hydrogen) atoms. The fourth-order valence-corrected chi connectivity index (χ4v) is 3.40. The highest BCUT2D eigenvalue weighted by Crippen LogP contribution is 2.36. The molecule has 0 fully saturated rings. The van der Waals surface area contributed by atoms with Crippen molar-refractivity contribution in [2.24, 2.45) is 0 Å². The van der Waals surface area contributed by atoms with Crippen LogP contribution in [0.5, 0.6) is 0 Å². The molecule has 0 atom stereocenters. The van der Waals surface area contributed by atoms with Gasteiger partial charge in [0.25, 0.3) is 5.91 Å². The molecule has 0 saturated carbocycles. The second-order valence-corrected chi connectivity index (χ2v) is 7.92. The van der Waals surface area contributed by atoms with Crippen molar-refractivity contribution in [1.82, 2.24) is 4.90 Å². The zero-order chi connectivity index (χ0) is 26.3. The summed E-state index contributed by atoms with van der Waals surface area (Å²) in [7, 11) is 1.29. The lowest BCUT2D eigenvalue weighted by Crippen LogP contribution is -2.38. The number of nitrogens with one attached hydrogen (secondary N) is 3. The minimum Gasteiger partial charge on any atom is -0.324 e. The van der Waals surface area contributed by atoms with Gasteiger partial charge in [0.15, 0.2) is 0 Å². The third-order valence-electron chi connectivity index (χ3n) is 5.26. The Labute approximate surface area is 206 Å². The largest absolute Gasteiger partial charge is 0.418 e. The number of hydrogen-bond donors (Lipinski definition) is 3. The Balaban J connectivity index is 1.69. The molecule has 0 aromatic heterocycles. The van der Waals surface area contributed by atoms with Crippen LogP contribution in [0.2, 0.25) is 0 Å². The number of benzene rings is 3. The molecule has 0 bridgehead atoms. The summed E-state index contributed by atoms with van der Waals surface area (Å²) in [5.41, 5.74) is 0.0603. The summed E-state index contributed by atoms with van der Waals surface area (Å²) in [5.74, 6) is -1.07. The van der Waals surface area contributed by atoms with E-state index in [0.717, 1.165) is 22.6 Å². The van der Waals surface area contributed by atoms with Gasteiger partial charge in [0.1, 0.15) is 6.54 Å². The molecule has 10 heteroatoms. The van der Waals surface area contributed by atoms with E-state index in [9.17, 15) is 27.6 Å². The number of halogens is 3. The first-order valence-corrected chi connectivity index (χ1v) is 11.1. The maximum Gasteiger partial charge on any atom is 0.418 e. The smallest absolute Gasteiger partial charge is 0.324 e. The summed E-state index contributed by atoms with van der Waals surface area (Å²) >= 11 is 0. The quantitative estimate of drug-likeness (QED) is 0.395. The predicted molar refractivity (Wildman–Crippen MR) is 132 cm³/mol. The molecule has 0 spiro atoms. The van der Waals surface area contributed by atoms with E-state index >= 15 is 0 Å². The molecule has 3 aromatic carbocycles. The molecule has 7 nitrogen and oxygen atoms in total. The number of nitrogens with zero attached hydrogens (tertiary/aromatic N) is 1. The molecule has 0 aliphatic rings. The minimum absolute atomic E-state index is 0.0866. The predicted octanol–water partition coefficient (Wildman–Crippen LogP) is 5.62. The number of hydrogen-bond acceptors (Lipinski definition) is 3. The summed E-state index contributed by atoms with van der Waals surface area (Å²) in [6, 6.07) is 17.4. The number of para-hydroxylation sites is 1. The first kappa shape index (κ1) is 26.3. The molecule has 0 saturated heterocycles. The number of likely N-dealkylation sites (N-methyl/N-ethyl adjacent to an activating group) is 1. The van der Waals surface area contributed by atoms with Crippen molar-refractivity contribution < 1.29 is 27.6 Å². The van der Waals surface area contributed by atoms with Crippen molar-refractivity contribution in [2.45, 2.75) is 19.5 Å². The summed E-state index contributed by atoms with van der Waals surface area (Å²) in [4.78, 5) is 38.2. The molecular weight excluding hydrogens is 473 g/mol. The van der Waals surface area contributed by atoms with Crippen LogP contribution in [0.4, 0.5) is 35.0 Å². The van der Waals surface area contributed by atoms with E-state index in [2.05, 4.69) is 16.0 Å². The molecule has 0 heterocycles. The maximum atomic E-state index is 13.7. The van der Waals surface area contributed by atoms with Crippen LogP contribution in [0.1, 0.15) is 28.4 Å². The topological polar surface area (TPSA) is 90.5 Å². The van der Waals surface area contributed by atoms with Crippen LogP contribution >= 0.6 is 0 Å². The molecule has 0 aliphatic carbocycles. The highest BCUT2D eigenvalue weighted by atomic mass is 19.4. The number of alkyl halides is 3. The van der Waals surface area contributed by atoms with Gasteiger partial charge in [-0.15, -0.1) is 0 Å². The Kier molecular flexibility index (Phi) is 8.31. The second-order valence-electron chi connectivity index (χ2n) is 7.92. The Morgan fingerprint density at radius 2 is 1.50 bits per heavy atom. The van der Waals surface area contributed by atoms with Gasteiger partial charge in [-0.1, -0.05) is 43.3 Å². The molecule has 4 amide bonds. The monoisotopic (exact) mass is 498 g/mol. The van der Waals surface area contributed by atoms with Gasteiger partial charge in [0.05, 0.1) is 11.3 Å². The molecule has 3 N–H and O–H groups in total. The average Bonchev–Trinajstić information content (AvgIpc) is 2.85. The SMILES string of the molecule is CCc1ccccc1NC(=O)CN(C)C(=O)Nc1ccc(NC(=O)c2ccccc2)cc1C(F)(F)F. The summed E-state index contributed by atoms with van der Waals surface area (Å²) in [6.45, 7) is 1.55. The van der Waals surface area contributed by atoms with Crippen molar-refractivity contribution in [2.75, 3.05) is 29.5 Å². The van der Waals surface area contributed by atoms with Gasteiger partial charge in [-0.2, -0.15) is 13.2 Å². The van der Waals surface area contributed by atoms with Crippen LogP contribution in [0.25, 0.3) is 0 Å². The lowest BCUT2D eigenvalue weighted by Gasteiger charge is -2.20. The molecule has 0 unspecified atom stereocenters. The molecule has 3 rings (SSSR count). The second kappa shape index (κ2) is 11.4. The van der Waals surface area contributed by atoms with E-state index in [-0.39, 0.29) is 17.8 Å². The lowest BCUT2D eigenvalue weighted by molar-refractivity contribution is -0.136. The van der Waals surface area contributed by atoms with Crippen molar-refractivity contribution in [3.63, 3.8) is 0 Å². The van der Waals surface area contributed by atoms with Crippen molar-refractivity contribution >= 4 is 34.9 Å². The number of urea groups is 1. The number of aryl methyl sites for hydroxylation is 1. The molecular formula is C26H25F3N4O3. The fourth-order valence-electron chi connectivity index (χ4n) is 3.40. The van der Waals surface area contributed by atoms with Gasteiger partial charge in [-0.05, 0) is 48.4 Å². The standard InChI is InChI=1S/C26H25F3N4O3/c1-3-17-9-7-8-12-21(17)31-23(34)16-33(2)25(36)32-22-14-13-19(15-20(22)26(27,28)29)30-24(35)18-10-5-4-6-11-18/h4-15H,3,16H2,1-2H3,(H,30,35)(H,31,34)(H,32,36). The van der Waals surface area contributed by atoms with Crippen molar-refractivity contribution in [3.05, 3.63) is 89.5 Å². The highest BCUT2D eigenvalue weighted by molar-refractivity contribution is 6.04. The van der Waals surface area contributed by atoms with Gasteiger partial charge < -0.3 is 20.9 Å². The Morgan fingerprint density at radius 3 is 2.17 bits per heavy atom. The van der Waals surface area contributed by atoms with Gasteiger partial charge in [-0.25, -0.2) is 4.79 Å². The van der Waals surface area contributed by atoms with E-state index < -0.39 is 35.3 Å². The lowest BCUT2D eigenvalue weighted by atomic mass is 10.1. The number of carbonyl (C=O) groups is 3. The number of rotatable bonds is 7. The van der Waals surface area contributed by atoms with E-state index in [1.165, 1.54) is 25.2 Å². The van der Waals surface area contributed by atoms with E-state index in [4.69, 9.17) is 0 Å². The van der Waals surface area contributed by atoms with E-state index in [1.54, 1.807) is 30.3 Å². The van der Waals surface area contributed by atoms with Crippen molar-refractivity contribution in [3.8, 4) is 0 Å². The Bertz CT molecular complexity index is 1250. The van der Waals surface area contributed by atoms with Gasteiger partial charge in [0.2, 0.25) is 5.91 Å². The van der Waals surface area contributed by atoms with Crippen LogP contribution < -0.4 is 16.0 Å². The normalized spacial score (nSPS) is 10.9. The van der Waals surface area contributed by atoms with Crippen LogP contribution in [-0.4, -0.2) is 36.3 Å². The number of anilines is 3. The van der Waals surface area contributed by atoms with Crippen LogP contribution in [0.15, 0.2) is 72.8 Å².